The molecule has 96 valence electrons. The minimum atomic E-state index is -0.402. The Balaban J connectivity index is 3.97. The second-order valence-electron chi connectivity index (χ2n) is 4.35. The minimum absolute atomic E-state index is 0.0697. The van der Waals surface area contributed by atoms with E-state index in [1.54, 1.807) is 19.1 Å². The molecule has 0 rings (SSSR count). The van der Waals surface area contributed by atoms with Crippen molar-refractivity contribution in [3.8, 4) is 0 Å². The first kappa shape index (κ1) is 16.0. The number of halogens is 2. The molecule has 0 atom stereocenters. The lowest BCUT2D eigenvalue weighted by molar-refractivity contribution is -0.130. The Morgan fingerprint density at radius 2 is 1.94 bits per heavy atom. The number of hydrogen-bond donors (Lipinski definition) is 0. The van der Waals surface area contributed by atoms with E-state index in [9.17, 15) is 4.79 Å². The van der Waals surface area contributed by atoms with Gasteiger partial charge in [-0.2, -0.15) is 0 Å². The van der Waals surface area contributed by atoms with Crippen molar-refractivity contribution in [3.63, 3.8) is 0 Å². The van der Waals surface area contributed by atoms with Gasteiger partial charge in [-0.3, -0.25) is 4.79 Å². The summed E-state index contributed by atoms with van der Waals surface area (Å²) in [6.45, 7) is 4.91. The largest absolute Gasteiger partial charge is 0.383 e. The van der Waals surface area contributed by atoms with Gasteiger partial charge in [0.05, 0.1) is 6.61 Å². The van der Waals surface area contributed by atoms with Crippen LogP contribution in [-0.2, 0) is 9.53 Å². The highest BCUT2D eigenvalue weighted by Gasteiger charge is 2.25. The molecule has 0 aliphatic carbocycles. The van der Waals surface area contributed by atoms with Crippen molar-refractivity contribution in [1.29, 1.82) is 0 Å². The van der Waals surface area contributed by atoms with E-state index in [1.165, 1.54) is 0 Å². The molecule has 0 bridgehead atoms. The molecule has 1 amide bonds. The monoisotopic (exact) mass is 270 g/mol. The Morgan fingerprint density at radius 3 is 2.38 bits per heavy atom. The van der Waals surface area contributed by atoms with E-state index in [-0.39, 0.29) is 5.91 Å². The Hall–Kier alpha value is -0.0300. The van der Waals surface area contributed by atoms with Crippen LogP contribution in [0.15, 0.2) is 0 Å². The van der Waals surface area contributed by atoms with Crippen molar-refractivity contribution in [3.05, 3.63) is 0 Å². The quantitative estimate of drug-likeness (QED) is 0.666. The summed E-state index contributed by atoms with van der Waals surface area (Å²) in [5.74, 6) is 0.0697. The lowest BCUT2D eigenvalue weighted by Crippen LogP contribution is -2.35. The third-order valence-corrected chi connectivity index (χ3v) is 3.38. The SMILES string of the molecule is COCCN(C)C(=O)CCC(C)(C)N(Cl)Cl. The number of amides is 1. The summed E-state index contributed by atoms with van der Waals surface area (Å²) in [5.41, 5.74) is -0.402. The van der Waals surface area contributed by atoms with Gasteiger partial charge in [-0.25, -0.2) is 0 Å². The fourth-order valence-electron chi connectivity index (χ4n) is 1.04. The molecule has 0 fully saturated rings. The van der Waals surface area contributed by atoms with E-state index >= 15 is 0 Å². The van der Waals surface area contributed by atoms with Gasteiger partial charge in [0.15, 0.2) is 0 Å². The summed E-state index contributed by atoms with van der Waals surface area (Å²) < 4.78 is 5.99. The van der Waals surface area contributed by atoms with Gasteiger partial charge in [0.25, 0.3) is 0 Å². The molecule has 0 saturated carbocycles. The summed E-state index contributed by atoms with van der Waals surface area (Å²) in [6, 6.07) is 0. The highest BCUT2D eigenvalue weighted by atomic mass is 35.5. The zero-order valence-electron chi connectivity index (χ0n) is 10.3. The predicted octanol–water partition coefficient (Wildman–Crippen LogP) is 2.26. The van der Waals surface area contributed by atoms with E-state index in [0.717, 1.165) is 3.94 Å². The smallest absolute Gasteiger partial charge is 0.222 e. The van der Waals surface area contributed by atoms with Crippen LogP contribution < -0.4 is 0 Å². The Labute approximate surface area is 108 Å². The Kier molecular flexibility index (Phi) is 7.31. The van der Waals surface area contributed by atoms with Crippen molar-refractivity contribution in [2.75, 3.05) is 27.3 Å². The van der Waals surface area contributed by atoms with Crippen LogP contribution in [0.2, 0.25) is 0 Å². The number of hydrogen-bond acceptors (Lipinski definition) is 3. The van der Waals surface area contributed by atoms with Crippen molar-refractivity contribution in [1.82, 2.24) is 8.84 Å². The first-order valence-electron chi connectivity index (χ1n) is 5.16. The zero-order valence-corrected chi connectivity index (χ0v) is 11.8. The van der Waals surface area contributed by atoms with Gasteiger partial charge in [-0.15, -0.1) is 3.94 Å². The van der Waals surface area contributed by atoms with Crippen LogP contribution in [-0.4, -0.2) is 47.6 Å². The molecule has 6 heteroatoms. The Bertz CT molecular complexity index is 223. The van der Waals surface area contributed by atoms with Gasteiger partial charge in [-0.1, -0.05) is 0 Å². The number of ether oxygens (including phenoxy) is 1. The van der Waals surface area contributed by atoms with E-state index in [2.05, 4.69) is 0 Å². The zero-order chi connectivity index (χ0) is 12.8. The van der Waals surface area contributed by atoms with Crippen LogP contribution in [0.25, 0.3) is 0 Å². The molecule has 0 saturated heterocycles. The minimum Gasteiger partial charge on any atom is -0.383 e. The summed E-state index contributed by atoms with van der Waals surface area (Å²) in [5, 5.41) is 0. The van der Waals surface area contributed by atoms with Crippen molar-refractivity contribution in [2.24, 2.45) is 0 Å². The predicted molar refractivity (Wildman–Crippen MR) is 66.4 cm³/mol. The molecule has 0 aromatic heterocycles. The van der Waals surface area contributed by atoms with Crippen molar-refractivity contribution < 1.29 is 9.53 Å². The second-order valence-corrected chi connectivity index (χ2v) is 5.20. The summed E-state index contributed by atoms with van der Waals surface area (Å²) >= 11 is 11.3. The van der Waals surface area contributed by atoms with E-state index in [1.807, 2.05) is 13.8 Å². The number of carbonyl (C=O) groups excluding carboxylic acids is 1. The molecule has 0 spiro atoms. The number of methoxy groups -OCH3 is 1. The molecule has 0 heterocycles. The van der Waals surface area contributed by atoms with Crippen molar-refractivity contribution in [2.45, 2.75) is 32.2 Å². The molecule has 0 aromatic rings. The molecule has 0 aromatic carbocycles. The van der Waals surface area contributed by atoms with Gasteiger partial charge < -0.3 is 9.64 Å². The van der Waals surface area contributed by atoms with E-state index < -0.39 is 5.54 Å². The highest BCUT2D eigenvalue weighted by Crippen LogP contribution is 2.25. The molecule has 0 aliphatic heterocycles. The van der Waals surface area contributed by atoms with Crippen molar-refractivity contribution >= 4 is 29.5 Å². The van der Waals surface area contributed by atoms with Gasteiger partial charge in [0.2, 0.25) is 5.91 Å². The standard InChI is InChI=1S/C10H20Cl2N2O2/c1-10(2,14(11)12)6-5-9(15)13(3)7-8-16-4/h5-8H2,1-4H3. The first-order chi connectivity index (χ1) is 7.31. The van der Waals surface area contributed by atoms with Crippen LogP contribution in [0, 0.1) is 0 Å². The van der Waals surface area contributed by atoms with Crippen LogP contribution >= 0.6 is 23.6 Å². The second kappa shape index (κ2) is 7.33. The summed E-state index contributed by atoms with van der Waals surface area (Å²) in [6.07, 6.45) is 1.03. The topological polar surface area (TPSA) is 32.8 Å². The molecule has 0 unspecified atom stereocenters. The average molecular weight is 271 g/mol. The molecule has 0 radical (unpaired) electrons. The molecular formula is C10H20Cl2N2O2. The normalized spacial score (nSPS) is 11.9. The first-order valence-corrected chi connectivity index (χ1v) is 5.83. The molecular weight excluding hydrogens is 251 g/mol. The van der Waals surface area contributed by atoms with Gasteiger partial charge in [0.1, 0.15) is 0 Å². The molecule has 0 N–H and O–H groups in total. The number of nitrogens with zero attached hydrogens (tertiary/aromatic N) is 2. The number of likely N-dealkylation sites (N-methyl/N-ethyl adjacent to an activating group) is 1. The van der Waals surface area contributed by atoms with Crippen LogP contribution in [0.4, 0.5) is 0 Å². The summed E-state index contributed by atoms with van der Waals surface area (Å²) in [7, 11) is 3.37. The highest BCUT2D eigenvalue weighted by molar-refractivity contribution is 6.34. The molecule has 4 nitrogen and oxygen atoms in total. The third kappa shape index (κ3) is 5.89. The maximum Gasteiger partial charge on any atom is 0.222 e. The van der Waals surface area contributed by atoms with E-state index in [4.69, 9.17) is 28.3 Å². The molecule has 16 heavy (non-hydrogen) atoms. The van der Waals surface area contributed by atoms with Gasteiger partial charge >= 0.3 is 0 Å². The third-order valence-electron chi connectivity index (χ3n) is 2.46. The lowest BCUT2D eigenvalue weighted by atomic mass is 9.99. The lowest BCUT2D eigenvalue weighted by Gasteiger charge is -2.28. The van der Waals surface area contributed by atoms with Crippen LogP contribution in [0.1, 0.15) is 26.7 Å². The Morgan fingerprint density at radius 1 is 1.38 bits per heavy atom. The van der Waals surface area contributed by atoms with E-state index in [0.29, 0.717) is 26.0 Å². The number of rotatable bonds is 7. The van der Waals surface area contributed by atoms with Gasteiger partial charge in [0, 0.05) is 32.7 Å². The maximum absolute atomic E-state index is 11.7. The molecule has 0 aliphatic rings. The van der Waals surface area contributed by atoms with Crippen LogP contribution in [0.5, 0.6) is 0 Å². The average Bonchev–Trinajstić information content (AvgIpc) is 2.22. The fraction of sp³-hybridized carbons (Fsp3) is 0.900. The number of carbonyl (C=O) groups is 1. The van der Waals surface area contributed by atoms with Crippen LogP contribution in [0.3, 0.4) is 0 Å². The summed E-state index contributed by atoms with van der Waals surface area (Å²) in [4.78, 5) is 13.3. The maximum atomic E-state index is 11.7. The fourth-order valence-corrected chi connectivity index (χ4v) is 1.21. The van der Waals surface area contributed by atoms with Gasteiger partial charge in [-0.05, 0) is 43.8 Å².